The highest BCUT2D eigenvalue weighted by Crippen LogP contribution is 2.22. The Labute approximate surface area is 113 Å². The summed E-state index contributed by atoms with van der Waals surface area (Å²) in [6.07, 6.45) is 1.00. The van der Waals surface area contributed by atoms with E-state index in [4.69, 9.17) is 5.11 Å². The molecule has 1 rings (SSSR count). The molecule has 1 heterocycles. The van der Waals surface area contributed by atoms with Gasteiger partial charge in [0.1, 0.15) is 5.75 Å². The van der Waals surface area contributed by atoms with Gasteiger partial charge in [-0.1, -0.05) is 13.8 Å². The third kappa shape index (κ3) is 4.81. The van der Waals surface area contributed by atoms with E-state index in [1.165, 1.54) is 4.90 Å². The standard InChI is InChI=1S/C12H21NO5S/c1-3-4-19(17,18)8-11(14)13-6-9(2)5-10(7-13)12(15)16/h9-10H,3-8H2,1-2H3,(H,15,16). The van der Waals surface area contributed by atoms with Gasteiger partial charge in [-0.05, 0) is 18.8 Å². The van der Waals surface area contributed by atoms with Crippen molar-refractivity contribution in [3.8, 4) is 0 Å². The number of carbonyl (C=O) groups is 2. The molecule has 1 N–H and O–H groups in total. The van der Waals surface area contributed by atoms with Crippen LogP contribution in [0.3, 0.4) is 0 Å². The Morgan fingerprint density at radius 2 is 1.95 bits per heavy atom. The second kappa shape index (κ2) is 6.36. The van der Waals surface area contributed by atoms with Crippen molar-refractivity contribution in [1.29, 1.82) is 0 Å². The van der Waals surface area contributed by atoms with Gasteiger partial charge in [0.15, 0.2) is 9.84 Å². The molecule has 1 fully saturated rings. The number of amides is 1. The van der Waals surface area contributed by atoms with Crippen LogP contribution in [0.2, 0.25) is 0 Å². The molecule has 2 unspecified atom stereocenters. The number of sulfone groups is 1. The van der Waals surface area contributed by atoms with Gasteiger partial charge >= 0.3 is 5.97 Å². The number of hydrogen-bond donors (Lipinski definition) is 1. The van der Waals surface area contributed by atoms with Gasteiger partial charge in [-0.25, -0.2) is 8.42 Å². The topological polar surface area (TPSA) is 91.8 Å². The lowest BCUT2D eigenvalue weighted by Gasteiger charge is -2.34. The second-order valence-electron chi connectivity index (χ2n) is 5.27. The number of carbonyl (C=O) groups excluding carboxylic acids is 1. The Bertz CT molecular complexity index is 445. The first-order chi connectivity index (χ1) is 8.75. The summed E-state index contributed by atoms with van der Waals surface area (Å²) in [7, 11) is -3.37. The lowest BCUT2D eigenvalue weighted by atomic mass is 9.90. The Hall–Kier alpha value is -1.11. The van der Waals surface area contributed by atoms with Crippen LogP contribution in [0.4, 0.5) is 0 Å². The maximum atomic E-state index is 12.0. The first kappa shape index (κ1) is 15.9. The number of piperidine rings is 1. The Kier molecular flexibility index (Phi) is 5.34. The third-order valence-corrected chi connectivity index (χ3v) is 4.94. The lowest BCUT2D eigenvalue weighted by Crippen LogP contribution is -2.47. The summed E-state index contributed by atoms with van der Waals surface area (Å²) in [5.74, 6) is -2.45. The highest BCUT2D eigenvalue weighted by molar-refractivity contribution is 7.92. The van der Waals surface area contributed by atoms with Crippen LogP contribution in [0.1, 0.15) is 26.7 Å². The molecule has 1 aliphatic heterocycles. The molecule has 0 aromatic heterocycles. The summed E-state index contributed by atoms with van der Waals surface area (Å²) >= 11 is 0. The van der Waals surface area contributed by atoms with Crippen molar-refractivity contribution in [2.24, 2.45) is 11.8 Å². The molecular weight excluding hydrogens is 270 g/mol. The van der Waals surface area contributed by atoms with Crippen LogP contribution in [0.5, 0.6) is 0 Å². The second-order valence-corrected chi connectivity index (χ2v) is 7.45. The molecule has 0 aliphatic carbocycles. The van der Waals surface area contributed by atoms with Crippen molar-refractivity contribution >= 4 is 21.7 Å². The summed E-state index contributed by atoms with van der Waals surface area (Å²) in [4.78, 5) is 24.3. The molecule has 2 atom stereocenters. The fourth-order valence-corrected chi connectivity index (χ4v) is 3.72. The van der Waals surface area contributed by atoms with E-state index in [0.717, 1.165) is 0 Å². The first-order valence-electron chi connectivity index (χ1n) is 6.46. The molecule has 6 nitrogen and oxygen atoms in total. The molecule has 0 aromatic rings. The number of carboxylic acid groups (broad SMARTS) is 1. The normalized spacial score (nSPS) is 24.2. The number of carboxylic acids is 1. The van der Waals surface area contributed by atoms with Crippen molar-refractivity contribution < 1.29 is 23.1 Å². The van der Waals surface area contributed by atoms with Gasteiger partial charge in [-0.2, -0.15) is 0 Å². The molecular formula is C12H21NO5S. The van der Waals surface area contributed by atoms with Crippen LogP contribution in [0.25, 0.3) is 0 Å². The minimum absolute atomic E-state index is 0.00943. The van der Waals surface area contributed by atoms with Crippen LogP contribution in [-0.4, -0.2) is 54.9 Å². The van der Waals surface area contributed by atoms with E-state index < -0.39 is 33.4 Å². The van der Waals surface area contributed by atoms with E-state index in [9.17, 15) is 18.0 Å². The van der Waals surface area contributed by atoms with E-state index in [1.807, 2.05) is 6.92 Å². The van der Waals surface area contributed by atoms with Crippen LogP contribution in [0, 0.1) is 11.8 Å². The molecule has 1 saturated heterocycles. The average Bonchev–Trinajstić information content (AvgIpc) is 2.27. The zero-order chi connectivity index (χ0) is 14.6. The molecule has 0 aromatic carbocycles. The van der Waals surface area contributed by atoms with Crippen molar-refractivity contribution in [3.63, 3.8) is 0 Å². The zero-order valence-electron chi connectivity index (χ0n) is 11.3. The summed E-state index contributed by atoms with van der Waals surface area (Å²) in [6.45, 7) is 4.16. The molecule has 110 valence electrons. The van der Waals surface area contributed by atoms with Crippen molar-refractivity contribution in [2.75, 3.05) is 24.6 Å². The van der Waals surface area contributed by atoms with Gasteiger partial charge in [0, 0.05) is 13.1 Å². The number of aliphatic carboxylic acids is 1. The van der Waals surface area contributed by atoms with Gasteiger partial charge in [0.2, 0.25) is 5.91 Å². The van der Waals surface area contributed by atoms with E-state index in [1.54, 1.807) is 6.92 Å². The maximum absolute atomic E-state index is 12.0. The highest BCUT2D eigenvalue weighted by Gasteiger charge is 2.33. The van der Waals surface area contributed by atoms with Crippen molar-refractivity contribution in [3.05, 3.63) is 0 Å². The quantitative estimate of drug-likeness (QED) is 0.790. The fourth-order valence-electron chi connectivity index (χ4n) is 2.40. The van der Waals surface area contributed by atoms with Crippen LogP contribution >= 0.6 is 0 Å². The Balaban J connectivity index is 2.68. The lowest BCUT2D eigenvalue weighted by molar-refractivity contribution is -0.146. The van der Waals surface area contributed by atoms with E-state index >= 15 is 0 Å². The predicted molar refractivity (Wildman–Crippen MR) is 70.4 cm³/mol. The smallest absolute Gasteiger partial charge is 0.308 e. The van der Waals surface area contributed by atoms with Crippen molar-refractivity contribution in [1.82, 2.24) is 4.90 Å². The van der Waals surface area contributed by atoms with Gasteiger partial charge in [0.25, 0.3) is 0 Å². The van der Waals surface area contributed by atoms with Crippen molar-refractivity contribution in [2.45, 2.75) is 26.7 Å². The largest absolute Gasteiger partial charge is 0.481 e. The Morgan fingerprint density at radius 1 is 1.32 bits per heavy atom. The van der Waals surface area contributed by atoms with Crippen LogP contribution in [-0.2, 0) is 19.4 Å². The maximum Gasteiger partial charge on any atom is 0.308 e. The van der Waals surface area contributed by atoms with Gasteiger partial charge in [-0.3, -0.25) is 9.59 Å². The first-order valence-corrected chi connectivity index (χ1v) is 8.28. The summed E-state index contributed by atoms with van der Waals surface area (Å²) in [5.41, 5.74) is 0. The summed E-state index contributed by atoms with van der Waals surface area (Å²) in [6, 6.07) is 0. The minimum Gasteiger partial charge on any atom is -0.481 e. The molecule has 1 aliphatic rings. The van der Waals surface area contributed by atoms with E-state index in [0.29, 0.717) is 19.4 Å². The minimum atomic E-state index is -3.37. The number of likely N-dealkylation sites (tertiary alicyclic amines) is 1. The van der Waals surface area contributed by atoms with Gasteiger partial charge in [0.05, 0.1) is 11.7 Å². The molecule has 19 heavy (non-hydrogen) atoms. The predicted octanol–water partition coefficient (Wildman–Crippen LogP) is 0.380. The van der Waals surface area contributed by atoms with E-state index in [2.05, 4.69) is 0 Å². The molecule has 0 saturated carbocycles. The summed E-state index contributed by atoms with van der Waals surface area (Å²) in [5, 5.41) is 9.02. The molecule has 0 bridgehead atoms. The summed E-state index contributed by atoms with van der Waals surface area (Å²) < 4.78 is 23.2. The molecule has 7 heteroatoms. The molecule has 1 amide bonds. The van der Waals surface area contributed by atoms with Crippen LogP contribution < -0.4 is 0 Å². The van der Waals surface area contributed by atoms with Crippen LogP contribution in [0.15, 0.2) is 0 Å². The fraction of sp³-hybridized carbons (Fsp3) is 0.833. The highest BCUT2D eigenvalue weighted by atomic mass is 32.2. The SMILES string of the molecule is CCCS(=O)(=O)CC(=O)N1CC(C)CC(C(=O)O)C1. The average molecular weight is 291 g/mol. The number of hydrogen-bond acceptors (Lipinski definition) is 4. The monoisotopic (exact) mass is 291 g/mol. The van der Waals surface area contributed by atoms with E-state index in [-0.39, 0.29) is 18.2 Å². The molecule has 0 radical (unpaired) electrons. The van der Waals surface area contributed by atoms with Gasteiger partial charge in [-0.15, -0.1) is 0 Å². The number of nitrogens with zero attached hydrogens (tertiary/aromatic N) is 1. The zero-order valence-corrected chi connectivity index (χ0v) is 12.1. The number of rotatable bonds is 5. The molecule has 0 spiro atoms. The Morgan fingerprint density at radius 3 is 2.47 bits per heavy atom. The van der Waals surface area contributed by atoms with Gasteiger partial charge < -0.3 is 10.0 Å². The third-order valence-electron chi connectivity index (χ3n) is 3.22.